The van der Waals surface area contributed by atoms with Gasteiger partial charge in [-0.3, -0.25) is 9.59 Å². The number of anilines is 1. The molecule has 1 aliphatic heterocycles. The van der Waals surface area contributed by atoms with E-state index in [1.165, 1.54) is 18.3 Å². The van der Waals surface area contributed by atoms with E-state index in [1.807, 2.05) is 0 Å². The number of alkyl halides is 3. The zero-order valence-corrected chi connectivity index (χ0v) is 12.9. The number of rotatable bonds is 4. The van der Waals surface area contributed by atoms with E-state index in [2.05, 4.69) is 10.3 Å². The molecule has 8 heteroatoms. The lowest BCUT2D eigenvalue weighted by Crippen LogP contribution is -2.23. The summed E-state index contributed by atoms with van der Waals surface area (Å²) >= 11 is 0. The lowest BCUT2D eigenvalue weighted by Gasteiger charge is -2.15. The summed E-state index contributed by atoms with van der Waals surface area (Å²) in [5.41, 5.74) is 6.44. The monoisotopic (exact) mass is 349 g/mol. The lowest BCUT2D eigenvalue weighted by atomic mass is 9.91. The fraction of sp³-hybridized carbons (Fsp3) is 0.235. The minimum absolute atomic E-state index is 0.158. The van der Waals surface area contributed by atoms with Crippen molar-refractivity contribution in [2.75, 3.05) is 5.32 Å². The summed E-state index contributed by atoms with van der Waals surface area (Å²) in [6.07, 6.45) is -2.53. The number of pyridine rings is 1. The highest BCUT2D eigenvalue weighted by Gasteiger charge is 2.30. The Morgan fingerprint density at radius 3 is 2.56 bits per heavy atom. The van der Waals surface area contributed by atoms with E-state index in [0.29, 0.717) is 16.9 Å². The van der Waals surface area contributed by atoms with Gasteiger partial charge in [0.1, 0.15) is 5.82 Å². The van der Waals surface area contributed by atoms with Crippen LogP contribution in [-0.4, -0.2) is 16.8 Å². The molecule has 1 atom stereocenters. The fourth-order valence-corrected chi connectivity index (χ4v) is 2.79. The van der Waals surface area contributed by atoms with Gasteiger partial charge in [0.15, 0.2) is 0 Å². The Morgan fingerprint density at radius 1 is 1.28 bits per heavy atom. The molecule has 1 aromatic carbocycles. The molecule has 1 unspecified atom stereocenters. The summed E-state index contributed by atoms with van der Waals surface area (Å²) in [5.74, 6) is -1.10. The Bertz CT molecular complexity index is 832. The van der Waals surface area contributed by atoms with Gasteiger partial charge in [-0.25, -0.2) is 4.98 Å². The molecule has 3 N–H and O–H groups in total. The van der Waals surface area contributed by atoms with Crippen molar-refractivity contribution in [3.05, 3.63) is 58.8 Å². The highest BCUT2D eigenvalue weighted by atomic mass is 19.4. The first-order valence-electron chi connectivity index (χ1n) is 7.48. The van der Waals surface area contributed by atoms with Crippen LogP contribution in [0.1, 0.15) is 28.2 Å². The number of nitrogens with two attached hydrogens (primary N) is 1. The number of hydrogen-bond acceptors (Lipinski definition) is 3. The molecule has 0 aliphatic carbocycles. The topological polar surface area (TPSA) is 85.1 Å². The molecule has 3 rings (SSSR count). The number of fused-ring (bicyclic) bond motifs is 1. The van der Waals surface area contributed by atoms with Gasteiger partial charge >= 0.3 is 6.18 Å². The van der Waals surface area contributed by atoms with E-state index < -0.39 is 23.6 Å². The Balaban J connectivity index is 1.84. The number of hydrogen-bond donors (Lipinski definition) is 2. The Labute approximate surface area is 141 Å². The van der Waals surface area contributed by atoms with Crippen molar-refractivity contribution in [1.29, 1.82) is 0 Å². The van der Waals surface area contributed by atoms with E-state index in [-0.39, 0.29) is 18.7 Å². The van der Waals surface area contributed by atoms with Gasteiger partial charge in [-0.1, -0.05) is 18.2 Å². The molecule has 0 saturated heterocycles. The number of nitrogens with zero attached hydrogens (tertiary/aromatic N) is 1. The van der Waals surface area contributed by atoms with Gasteiger partial charge in [0.05, 0.1) is 17.9 Å². The van der Waals surface area contributed by atoms with E-state index in [9.17, 15) is 22.8 Å². The minimum Gasteiger partial charge on any atom is -0.369 e. The summed E-state index contributed by atoms with van der Waals surface area (Å²) in [7, 11) is 0. The Kier molecular flexibility index (Phi) is 4.20. The van der Waals surface area contributed by atoms with Crippen LogP contribution in [0, 0.1) is 0 Å². The van der Waals surface area contributed by atoms with Crippen molar-refractivity contribution < 1.29 is 22.8 Å². The Morgan fingerprint density at radius 2 is 1.96 bits per heavy atom. The van der Waals surface area contributed by atoms with E-state index in [4.69, 9.17) is 5.73 Å². The zero-order chi connectivity index (χ0) is 18.2. The van der Waals surface area contributed by atoms with Crippen LogP contribution in [0.5, 0.6) is 0 Å². The summed E-state index contributed by atoms with van der Waals surface area (Å²) in [6, 6.07) is 6.11. The first kappa shape index (κ1) is 16.9. The Hall–Kier alpha value is -2.90. The highest BCUT2D eigenvalue weighted by Crippen LogP contribution is 2.31. The average Bonchev–Trinajstić information content (AvgIpc) is 2.91. The van der Waals surface area contributed by atoms with Crippen LogP contribution >= 0.6 is 0 Å². The summed E-state index contributed by atoms with van der Waals surface area (Å²) in [5, 5.41) is 2.60. The van der Waals surface area contributed by atoms with Crippen LogP contribution in [0.4, 0.5) is 19.0 Å². The second-order valence-electron chi connectivity index (χ2n) is 5.86. The van der Waals surface area contributed by atoms with Crippen molar-refractivity contribution >= 4 is 17.6 Å². The second kappa shape index (κ2) is 6.19. The fourth-order valence-electron chi connectivity index (χ4n) is 2.79. The molecule has 1 aromatic heterocycles. The number of amides is 2. The molecule has 1 aliphatic rings. The molecule has 2 aromatic rings. The maximum atomic E-state index is 12.7. The van der Waals surface area contributed by atoms with Crippen molar-refractivity contribution in [2.45, 2.75) is 24.9 Å². The number of carbonyl (C=O) groups is 2. The zero-order valence-electron chi connectivity index (χ0n) is 12.9. The van der Waals surface area contributed by atoms with Crippen molar-refractivity contribution in [1.82, 2.24) is 4.98 Å². The molecule has 2 amide bonds. The maximum Gasteiger partial charge on any atom is 0.416 e. The third kappa shape index (κ3) is 3.62. The van der Waals surface area contributed by atoms with Crippen LogP contribution in [0.2, 0.25) is 0 Å². The van der Waals surface area contributed by atoms with Gasteiger partial charge in [0.2, 0.25) is 11.8 Å². The predicted molar refractivity (Wildman–Crippen MR) is 83.7 cm³/mol. The standard InChI is InChI=1S/C17H14F3N3O2/c18-17(19,20)12-3-1-10(2-4-12)13(15(21)25)6-9-5-11-7-14(24)23-16(11)22-8-9/h1-5,8,13H,6-7H2,(H2,21,25)(H,22,23,24). The first-order valence-corrected chi connectivity index (χ1v) is 7.48. The minimum atomic E-state index is -4.44. The number of nitrogens with one attached hydrogen (secondary N) is 1. The first-order chi connectivity index (χ1) is 11.7. The SMILES string of the molecule is NC(=O)C(Cc1cnc2c(c1)CC(=O)N2)c1ccc(C(F)(F)F)cc1. The van der Waals surface area contributed by atoms with Gasteiger partial charge < -0.3 is 11.1 Å². The third-order valence-corrected chi connectivity index (χ3v) is 4.06. The summed E-state index contributed by atoms with van der Waals surface area (Å²) < 4.78 is 38.0. The highest BCUT2D eigenvalue weighted by molar-refractivity contribution is 5.97. The number of benzene rings is 1. The molecule has 25 heavy (non-hydrogen) atoms. The molecule has 130 valence electrons. The van der Waals surface area contributed by atoms with Crippen LogP contribution in [0.3, 0.4) is 0 Å². The largest absolute Gasteiger partial charge is 0.416 e. The molecular formula is C17H14F3N3O2. The van der Waals surface area contributed by atoms with E-state index in [0.717, 1.165) is 17.7 Å². The summed E-state index contributed by atoms with van der Waals surface area (Å²) in [6.45, 7) is 0. The molecule has 0 saturated carbocycles. The van der Waals surface area contributed by atoms with E-state index in [1.54, 1.807) is 6.07 Å². The maximum absolute atomic E-state index is 12.7. The quantitative estimate of drug-likeness (QED) is 0.889. The normalized spacial score (nSPS) is 14.8. The van der Waals surface area contributed by atoms with Gasteiger partial charge in [0, 0.05) is 11.8 Å². The lowest BCUT2D eigenvalue weighted by molar-refractivity contribution is -0.137. The molecule has 5 nitrogen and oxygen atoms in total. The average molecular weight is 349 g/mol. The van der Waals surface area contributed by atoms with Crippen LogP contribution in [0.25, 0.3) is 0 Å². The van der Waals surface area contributed by atoms with Crippen molar-refractivity contribution in [3.8, 4) is 0 Å². The number of primary amides is 1. The van der Waals surface area contributed by atoms with E-state index >= 15 is 0 Å². The molecular weight excluding hydrogens is 335 g/mol. The molecule has 0 bridgehead atoms. The van der Waals surface area contributed by atoms with Crippen LogP contribution < -0.4 is 11.1 Å². The van der Waals surface area contributed by atoms with Crippen LogP contribution in [0.15, 0.2) is 36.5 Å². The number of aromatic nitrogens is 1. The van der Waals surface area contributed by atoms with Crippen LogP contribution in [-0.2, 0) is 28.6 Å². The van der Waals surface area contributed by atoms with Crippen molar-refractivity contribution in [2.24, 2.45) is 5.73 Å². The molecule has 0 radical (unpaired) electrons. The number of carbonyl (C=O) groups excluding carboxylic acids is 2. The number of halogens is 3. The van der Waals surface area contributed by atoms with Crippen molar-refractivity contribution in [3.63, 3.8) is 0 Å². The molecule has 0 spiro atoms. The third-order valence-electron chi connectivity index (χ3n) is 4.06. The predicted octanol–water partition coefficient (Wildman–Crippen LogP) is 2.41. The van der Waals surface area contributed by atoms with Gasteiger partial charge in [-0.05, 0) is 29.7 Å². The summed E-state index contributed by atoms with van der Waals surface area (Å²) in [4.78, 5) is 27.3. The molecule has 0 fully saturated rings. The second-order valence-corrected chi connectivity index (χ2v) is 5.86. The van der Waals surface area contributed by atoms with Gasteiger partial charge in [-0.15, -0.1) is 0 Å². The molecule has 2 heterocycles. The van der Waals surface area contributed by atoms with Gasteiger partial charge in [0.25, 0.3) is 0 Å². The van der Waals surface area contributed by atoms with Gasteiger partial charge in [-0.2, -0.15) is 13.2 Å². The smallest absolute Gasteiger partial charge is 0.369 e.